The van der Waals surface area contributed by atoms with Gasteiger partial charge in [0.1, 0.15) is 13.2 Å². The van der Waals surface area contributed by atoms with E-state index in [4.69, 9.17) is 9.47 Å². The minimum absolute atomic E-state index is 0.0254. The van der Waals surface area contributed by atoms with Gasteiger partial charge in [-0.15, -0.1) is 0 Å². The van der Waals surface area contributed by atoms with Crippen molar-refractivity contribution in [3.8, 4) is 0 Å². The van der Waals surface area contributed by atoms with Crippen LogP contribution in [0.2, 0.25) is 0 Å². The first kappa shape index (κ1) is 18.1. The van der Waals surface area contributed by atoms with Crippen LogP contribution in [0.15, 0.2) is 12.2 Å². The maximum Gasteiger partial charge on any atom is 0.344 e. The van der Waals surface area contributed by atoms with Crippen LogP contribution in [-0.4, -0.2) is 37.7 Å². The van der Waals surface area contributed by atoms with Crippen LogP contribution in [0.3, 0.4) is 0 Å². The lowest BCUT2D eigenvalue weighted by Gasteiger charge is -2.20. The second-order valence-corrected chi connectivity index (χ2v) is 4.95. The van der Waals surface area contributed by atoms with E-state index in [2.05, 4.69) is 11.3 Å². The van der Waals surface area contributed by atoms with Crippen molar-refractivity contribution in [1.29, 1.82) is 0 Å². The molecule has 20 heavy (non-hydrogen) atoms. The minimum Gasteiger partial charge on any atom is -0.462 e. The molecule has 0 unspecified atom stereocenters. The van der Waals surface area contributed by atoms with Crippen LogP contribution in [0.4, 0.5) is 0 Å². The SMILES string of the molecule is C=C(C)C(=O)OCC(=O)OCCOC(=O)C(C)(C)CC. The van der Waals surface area contributed by atoms with Crippen molar-refractivity contribution in [1.82, 2.24) is 0 Å². The number of hydrogen-bond donors (Lipinski definition) is 0. The highest BCUT2D eigenvalue weighted by atomic mass is 16.6. The van der Waals surface area contributed by atoms with Crippen LogP contribution in [-0.2, 0) is 28.6 Å². The highest BCUT2D eigenvalue weighted by Crippen LogP contribution is 2.21. The zero-order valence-corrected chi connectivity index (χ0v) is 12.5. The standard InChI is InChI=1S/C14H22O6/c1-6-14(4,5)13(17)19-8-7-18-11(15)9-20-12(16)10(2)3/h2,6-9H2,1,3-5H3. The average molecular weight is 286 g/mol. The van der Waals surface area contributed by atoms with Crippen LogP contribution in [0.1, 0.15) is 34.1 Å². The van der Waals surface area contributed by atoms with E-state index in [1.807, 2.05) is 6.92 Å². The molecule has 0 aliphatic rings. The lowest BCUT2D eigenvalue weighted by atomic mass is 9.91. The summed E-state index contributed by atoms with van der Waals surface area (Å²) in [5, 5.41) is 0. The summed E-state index contributed by atoms with van der Waals surface area (Å²) < 4.78 is 14.3. The van der Waals surface area contributed by atoms with Gasteiger partial charge in [0.05, 0.1) is 5.41 Å². The summed E-state index contributed by atoms with van der Waals surface area (Å²) in [4.78, 5) is 33.8. The molecule has 0 amide bonds. The summed E-state index contributed by atoms with van der Waals surface area (Å²) >= 11 is 0. The molecule has 0 saturated carbocycles. The molecule has 0 aliphatic heterocycles. The van der Waals surface area contributed by atoms with Gasteiger partial charge >= 0.3 is 17.9 Å². The third kappa shape index (κ3) is 6.92. The van der Waals surface area contributed by atoms with E-state index in [1.165, 1.54) is 6.92 Å². The van der Waals surface area contributed by atoms with E-state index in [0.29, 0.717) is 6.42 Å². The number of carbonyl (C=O) groups is 3. The summed E-state index contributed by atoms with van der Waals surface area (Å²) in [5.41, 5.74) is -0.352. The number of hydrogen-bond acceptors (Lipinski definition) is 6. The zero-order chi connectivity index (χ0) is 15.8. The number of esters is 3. The summed E-state index contributed by atoms with van der Waals surface area (Å²) in [5.74, 6) is -1.70. The molecule has 0 aromatic heterocycles. The van der Waals surface area contributed by atoms with Crippen LogP contribution >= 0.6 is 0 Å². The van der Waals surface area contributed by atoms with Gasteiger partial charge < -0.3 is 14.2 Å². The smallest absolute Gasteiger partial charge is 0.344 e. The Kier molecular flexibility index (Phi) is 7.57. The molecule has 0 fully saturated rings. The zero-order valence-electron chi connectivity index (χ0n) is 12.5. The fourth-order valence-corrected chi connectivity index (χ4v) is 0.919. The Morgan fingerprint density at radius 3 is 2.10 bits per heavy atom. The quantitative estimate of drug-likeness (QED) is 0.292. The van der Waals surface area contributed by atoms with Gasteiger partial charge in [-0.2, -0.15) is 0 Å². The Bertz CT molecular complexity index is 383. The van der Waals surface area contributed by atoms with E-state index in [-0.39, 0.29) is 24.8 Å². The molecule has 6 heteroatoms. The molecular formula is C14H22O6. The van der Waals surface area contributed by atoms with Crippen molar-refractivity contribution in [2.75, 3.05) is 19.8 Å². The van der Waals surface area contributed by atoms with Gasteiger partial charge in [-0.3, -0.25) is 4.79 Å². The molecule has 114 valence electrons. The monoisotopic (exact) mass is 286 g/mol. The molecule has 0 bridgehead atoms. The summed E-state index contributed by atoms with van der Waals surface area (Å²) in [6, 6.07) is 0. The highest BCUT2D eigenvalue weighted by Gasteiger charge is 2.26. The topological polar surface area (TPSA) is 78.9 Å². The summed E-state index contributed by atoms with van der Waals surface area (Å²) in [7, 11) is 0. The Labute approximate surface area is 119 Å². The van der Waals surface area contributed by atoms with Crippen LogP contribution in [0.5, 0.6) is 0 Å². The van der Waals surface area contributed by atoms with Crippen LogP contribution in [0, 0.1) is 5.41 Å². The lowest BCUT2D eigenvalue weighted by molar-refractivity contribution is -0.162. The predicted octanol–water partition coefficient (Wildman–Crippen LogP) is 1.63. The minimum atomic E-state index is -0.703. The first-order valence-electron chi connectivity index (χ1n) is 6.36. The van der Waals surface area contributed by atoms with Crippen LogP contribution in [0.25, 0.3) is 0 Å². The maximum atomic E-state index is 11.6. The molecule has 0 heterocycles. The van der Waals surface area contributed by atoms with Gasteiger partial charge in [-0.05, 0) is 27.2 Å². The Morgan fingerprint density at radius 2 is 1.60 bits per heavy atom. The van der Waals surface area contributed by atoms with Crippen molar-refractivity contribution in [2.45, 2.75) is 34.1 Å². The molecule has 0 atom stereocenters. The average Bonchev–Trinajstić information content (AvgIpc) is 2.40. The number of rotatable bonds is 8. The van der Waals surface area contributed by atoms with E-state index >= 15 is 0 Å². The Balaban J connectivity index is 3.81. The number of ether oxygens (including phenoxy) is 3. The van der Waals surface area contributed by atoms with E-state index in [0.717, 1.165) is 0 Å². The normalized spacial score (nSPS) is 10.6. The van der Waals surface area contributed by atoms with E-state index in [1.54, 1.807) is 13.8 Å². The van der Waals surface area contributed by atoms with Crippen LogP contribution < -0.4 is 0 Å². The highest BCUT2D eigenvalue weighted by molar-refractivity contribution is 5.88. The van der Waals surface area contributed by atoms with Gasteiger partial charge in [0.25, 0.3) is 0 Å². The molecule has 0 radical (unpaired) electrons. The molecular weight excluding hydrogens is 264 g/mol. The second-order valence-electron chi connectivity index (χ2n) is 4.95. The van der Waals surface area contributed by atoms with Crippen molar-refractivity contribution in [3.63, 3.8) is 0 Å². The van der Waals surface area contributed by atoms with Gasteiger partial charge in [0, 0.05) is 5.57 Å². The largest absolute Gasteiger partial charge is 0.462 e. The van der Waals surface area contributed by atoms with Crippen molar-refractivity contribution in [3.05, 3.63) is 12.2 Å². The molecule has 0 aromatic rings. The third-order valence-electron chi connectivity index (χ3n) is 2.69. The molecule has 0 aromatic carbocycles. The van der Waals surface area contributed by atoms with E-state index in [9.17, 15) is 14.4 Å². The predicted molar refractivity (Wildman–Crippen MR) is 71.8 cm³/mol. The van der Waals surface area contributed by atoms with Gasteiger partial charge in [0.2, 0.25) is 0 Å². The first-order valence-corrected chi connectivity index (χ1v) is 6.36. The molecule has 0 rings (SSSR count). The van der Waals surface area contributed by atoms with Crippen molar-refractivity contribution >= 4 is 17.9 Å². The van der Waals surface area contributed by atoms with Crippen molar-refractivity contribution < 1.29 is 28.6 Å². The Morgan fingerprint density at radius 1 is 1.05 bits per heavy atom. The first-order chi connectivity index (χ1) is 9.20. The van der Waals surface area contributed by atoms with Gasteiger partial charge in [-0.25, -0.2) is 9.59 Å². The lowest BCUT2D eigenvalue weighted by Crippen LogP contribution is -2.27. The molecule has 6 nitrogen and oxygen atoms in total. The maximum absolute atomic E-state index is 11.6. The summed E-state index contributed by atoms with van der Waals surface area (Å²) in [6.45, 7) is 9.70. The van der Waals surface area contributed by atoms with Gasteiger partial charge in [-0.1, -0.05) is 13.5 Å². The molecule has 0 N–H and O–H groups in total. The Hall–Kier alpha value is -1.85. The fraction of sp³-hybridized carbons (Fsp3) is 0.643. The molecule has 0 aliphatic carbocycles. The number of carbonyl (C=O) groups excluding carboxylic acids is 3. The van der Waals surface area contributed by atoms with E-state index < -0.39 is 24.0 Å². The molecule has 0 saturated heterocycles. The van der Waals surface area contributed by atoms with Crippen molar-refractivity contribution in [2.24, 2.45) is 5.41 Å². The molecule has 0 spiro atoms. The van der Waals surface area contributed by atoms with Gasteiger partial charge in [0.15, 0.2) is 6.61 Å². The third-order valence-corrected chi connectivity index (χ3v) is 2.69. The second kappa shape index (κ2) is 8.35. The summed E-state index contributed by atoms with van der Waals surface area (Å²) in [6.07, 6.45) is 0.655. The fourth-order valence-electron chi connectivity index (χ4n) is 0.919.